The van der Waals surface area contributed by atoms with E-state index >= 15 is 0 Å². The van der Waals surface area contributed by atoms with E-state index in [0.29, 0.717) is 6.04 Å². The maximum atomic E-state index is 13.0. The van der Waals surface area contributed by atoms with Gasteiger partial charge in [0.15, 0.2) is 0 Å². The highest BCUT2D eigenvalue weighted by Crippen LogP contribution is 2.27. The molecule has 0 saturated carbocycles. The summed E-state index contributed by atoms with van der Waals surface area (Å²) >= 11 is 3.37. The average molecular weight is 302 g/mol. The second-order valence-electron chi connectivity index (χ2n) is 4.69. The zero-order chi connectivity index (χ0) is 12.4. The highest BCUT2D eigenvalue weighted by molar-refractivity contribution is 9.10. The lowest BCUT2D eigenvalue weighted by Gasteiger charge is -2.33. The predicted molar refractivity (Wildman–Crippen MR) is 70.8 cm³/mol. The van der Waals surface area contributed by atoms with Crippen LogP contribution in [0.2, 0.25) is 0 Å². The number of hydrogen-bond donors (Lipinski definition) is 1. The first-order valence-corrected chi connectivity index (χ1v) is 6.71. The van der Waals surface area contributed by atoms with Crippen LogP contribution < -0.4 is 5.32 Å². The van der Waals surface area contributed by atoms with Crippen molar-refractivity contribution >= 4 is 21.6 Å². The fraction of sp³-hybridized carbons (Fsp3) is 0.538. The lowest BCUT2D eigenvalue weighted by molar-refractivity contribution is -0.0337. The maximum absolute atomic E-state index is 13.0. The molecular weight excluding hydrogens is 285 g/mol. The molecule has 1 aromatic rings. The van der Waals surface area contributed by atoms with Gasteiger partial charge in [-0.15, -0.1) is 0 Å². The molecule has 2 unspecified atom stereocenters. The monoisotopic (exact) mass is 301 g/mol. The van der Waals surface area contributed by atoms with Crippen molar-refractivity contribution in [3.63, 3.8) is 0 Å². The Bertz CT molecular complexity index is 389. The first kappa shape index (κ1) is 12.8. The first-order chi connectivity index (χ1) is 8.04. The predicted octanol–water partition coefficient (Wildman–Crippen LogP) is 3.96. The molecule has 1 heterocycles. The maximum Gasteiger partial charge on any atom is 0.124 e. The van der Waals surface area contributed by atoms with E-state index in [0.717, 1.165) is 23.0 Å². The molecule has 1 fully saturated rings. The average Bonchev–Trinajstić information content (AvgIpc) is 2.21. The molecule has 2 nitrogen and oxygen atoms in total. The van der Waals surface area contributed by atoms with Gasteiger partial charge in [0.05, 0.1) is 12.2 Å². The number of rotatable bonds is 2. The molecule has 0 spiro atoms. The van der Waals surface area contributed by atoms with E-state index in [1.165, 1.54) is 12.1 Å². The Morgan fingerprint density at radius 3 is 2.53 bits per heavy atom. The van der Waals surface area contributed by atoms with Gasteiger partial charge in [0, 0.05) is 16.2 Å². The molecule has 2 atom stereocenters. The van der Waals surface area contributed by atoms with Crippen LogP contribution in [0.25, 0.3) is 0 Å². The highest BCUT2D eigenvalue weighted by atomic mass is 79.9. The van der Waals surface area contributed by atoms with Crippen LogP contribution >= 0.6 is 15.9 Å². The van der Waals surface area contributed by atoms with Crippen molar-refractivity contribution in [2.24, 2.45) is 0 Å². The molecule has 0 aliphatic carbocycles. The molecular formula is C13H17BrFNO. The Hall–Kier alpha value is -0.610. The lowest BCUT2D eigenvalue weighted by Crippen LogP contribution is -2.36. The molecule has 94 valence electrons. The number of nitrogens with one attached hydrogen (secondary N) is 1. The SMILES string of the molecule is CC1CC(Nc2ccc(F)cc2Br)CC(C)O1. The van der Waals surface area contributed by atoms with Crippen LogP contribution in [-0.2, 0) is 4.74 Å². The second-order valence-corrected chi connectivity index (χ2v) is 5.55. The van der Waals surface area contributed by atoms with Gasteiger partial charge in [-0.05, 0) is 60.8 Å². The van der Waals surface area contributed by atoms with Gasteiger partial charge < -0.3 is 10.1 Å². The molecule has 1 aromatic carbocycles. The van der Waals surface area contributed by atoms with Gasteiger partial charge >= 0.3 is 0 Å². The van der Waals surface area contributed by atoms with Crippen LogP contribution in [0.3, 0.4) is 0 Å². The Labute approximate surface area is 110 Å². The van der Waals surface area contributed by atoms with Crippen molar-refractivity contribution in [2.75, 3.05) is 5.32 Å². The van der Waals surface area contributed by atoms with E-state index < -0.39 is 0 Å². The smallest absolute Gasteiger partial charge is 0.124 e. The van der Waals surface area contributed by atoms with Crippen molar-refractivity contribution in [1.82, 2.24) is 0 Å². The Morgan fingerprint density at radius 2 is 1.94 bits per heavy atom. The van der Waals surface area contributed by atoms with Crippen LogP contribution in [0.5, 0.6) is 0 Å². The van der Waals surface area contributed by atoms with Crippen LogP contribution in [0.15, 0.2) is 22.7 Å². The molecule has 0 bridgehead atoms. The molecule has 0 aromatic heterocycles. The fourth-order valence-electron chi connectivity index (χ4n) is 2.35. The molecule has 4 heteroatoms. The third-order valence-corrected chi connectivity index (χ3v) is 3.64. The third kappa shape index (κ3) is 3.42. The minimum absolute atomic E-state index is 0.226. The van der Waals surface area contributed by atoms with E-state index in [1.54, 1.807) is 6.07 Å². The Kier molecular flexibility index (Phi) is 4.05. The topological polar surface area (TPSA) is 21.3 Å². The van der Waals surface area contributed by atoms with Gasteiger partial charge in [0.25, 0.3) is 0 Å². The summed E-state index contributed by atoms with van der Waals surface area (Å²) in [5.74, 6) is -0.226. The third-order valence-electron chi connectivity index (χ3n) is 2.99. The van der Waals surface area contributed by atoms with E-state index in [4.69, 9.17) is 4.74 Å². The number of benzene rings is 1. The molecule has 0 amide bonds. The molecule has 17 heavy (non-hydrogen) atoms. The number of hydrogen-bond acceptors (Lipinski definition) is 2. The standard InChI is InChI=1S/C13H17BrFNO/c1-8-5-11(6-9(2)17-8)16-13-4-3-10(15)7-12(13)14/h3-4,7-9,11,16H,5-6H2,1-2H3. The zero-order valence-electron chi connectivity index (χ0n) is 10.0. The zero-order valence-corrected chi connectivity index (χ0v) is 11.6. The molecule has 1 aliphatic heterocycles. The van der Waals surface area contributed by atoms with Crippen LogP contribution in [-0.4, -0.2) is 18.2 Å². The van der Waals surface area contributed by atoms with Gasteiger partial charge in [-0.3, -0.25) is 0 Å². The highest BCUT2D eigenvalue weighted by Gasteiger charge is 2.24. The van der Waals surface area contributed by atoms with E-state index in [-0.39, 0.29) is 18.0 Å². The normalized spacial score (nSPS) is 29.1. The number of ether oxygens (including phenoxy) is 1. The summed E-state index contributed by atoms with van der Waals surface area (Å²) in [6, 6.07) is 5.10. The second kappa shape index (κ2) is 5.36. The summed E-state index contributed by atoms with van der Waals surface area (Å²) in [5.41, 5.74) is 0.942. The van der Waals surface area contributed by atoms with Crippen molar-refractivity contribution < 1.29 is 9.13 Å². The summed E-state index contributed by atoms with van der Waals surface area (Å²) in [6.07, 6.45) is 2.51. The Balaban J connectivity index is 2.04. The van der Waals surface area contributed by atoms with Crippen LogP contribution in [0.1, 0.15) is 26.7 Å². The van der Waals surface area contributed by atoms with Gasteiger partial charge in [0.2, 0.25) is 0 Å². The number of halogens is 2. The fourth-order valence-corrected chi connectivity index (χ4v) is 2.81. The van der Waals surface area contributed by atoms with Crippen LogP contribution in [0, 0.1) is 5.82 Å². The number of anilines is 1. The minimum Gasteiger partial charge on any atom is -0.381 e. The van der Waals surface area contributed by atoms with E-state index in [2.05, 4.69) is 35.1 Å². The summed E-state index contributed by atoms with van der Waals surface area (Å²) < 4.78 is 19.4. The van der Waals surface area contributed by atoms with Crippen molar-refractivity contribution in [3.8, 4) is 0 Å². The quantitative estimate of drug-likeness (QED) is 0.893. The Morgan fingerprint density at radius 1 is 1.29 bits per heavy atom. The van der Waals surface area contributed by atoms with Gasteiger partial charge in [-0.1, -0.05) is 0 Å². The molecule has 1 saturated heterocycles. The summed E-state index contributed by atoms with van der Waals surface area (Å²) in [7, 11) is 0. The van der Waals surface area contributed by atoms with Crippen LogP contribution in [0.4, 0.5) is 10.1 Å². The van der Waals surface area contributed by atoms with Crippen molar-refractivity contribution in [2.45, 2.75) is 44.9 Å². The van der Waals surface area contributed by atoms with E-state index in [9.17, 15) is 4.39 Å². The largest absolute Gasteiger partial charge is 0.381 e. The van der Waals surface area contributed by atoms with Crippen molar-refractivity contribution in [3.05, 3.63) is 28.5 Å². The molecule has 1 aliphatic rings. The molecule has 2 rings (SSSR count). The summed E-state index contributed by atoms with van der Waals surface area (Å²) in [4.78, 5) is 0. The van der Waals surface area contributed by atoms with Gasteiger partial charge in [0.1, 0.15) is 5.82 Å². The van der Waals surface area contributed by atoms with Crippen molar-refractivity contribution in [1.29, 1.82) is 0 Å². The van der Waals surface area contributed by atoms with Gasteiger partial charge in [-0.2, -0.15) is 0 Å². The van der Waals surface area contributed by atoms with Gasteiger partial charge in [-0.25, -0.2) is 4.39 Å². The summed E-state index contributed by atoms with van der Waals surface area (Å²) in [5, 5.41) is 3.44. The minimum atomic E-state index is -0.226. The first-order valence-electron chi connectivity index (χ1n) is 5.91. The summed E-state index contributed by atoms with van der Waals surface area (Å²) in [6.45, 7) is 4.17. The lowest BCUT2D eigenvalue weighted by atomic mass is 9.99. The van der Waals surface area contributed by atoms with E-state index in [1.807, 2.05) is 0 Å². The molecule has 1 N–H and O–H groups in total. The molecule has 0 radical (unpaired) electrons.